The molecular formula is C19H31N3O2. The molecule has 0 bridgehead atoms. The highest BCUT2D eigenvalue weighted by atomic mass is 16.5. The summed E-state index contributed by atoms with van der Waals surface area (Å²) in [5.74, 6) is 1.90. The minimum absolute atomic E-state index is 0.807. The van der Waals surface area contributed by atoms with Crippen LogP contribution in [0.4, 0.5) is 0 Å². The Morgan fingerprint density at radius 3 is 2.88 bits per heavy atom. The lowest BCUT2D eigenvalue weighted by Gasteiger charge is -2.12. The third kappa shape index (κ3) is 6.40. The van der Waals surface area contributed by atoms with E-state index in [-0.39, 0.29) is 0 Å². The van der Waals surface area contributed by atoms with Crippen molar-refractivity contribution >= 4 is 5.96 Å². The lowest BCUT2D eigenvalue weighted by atomic mass is 10.1. The van der Waals surface area contributed by atoms with E-state index in [1.165, 1.54) is 17.5 Å². The predicted molar refractivity (Wildman–Crippen MR) is 99.1 cm³/mol. The summed E-state index contributed by atoms with van der Waals surface area (Å²) in [5.41, 5.74) is 2.67. The zero-order chi connectivity index (χ0) is 17.0. The first-order valence-electron chi connectivity index (χ1n) is 9.10. The lowest BCUT2D eigenvalue weighted by molar-refractivity contribution is 0.129. The van der Waals surface area contributed by atoms with Crippen molar-refractivity contribution in [2.45, 2.75) is 39.0 Å². The van der Waals surface area contributed by atoms with Gasteiger partial charge in [0, 0.05) is 39.8 Å². The summed E-state index contributed by atoms with van der Waals surface area (Å²) in [5, 5.41) is 6.69. The topological polar surface area (TPSA) is 54.9 Å². The average Bonchev–Trinajstić information content (AvgIpc) is 3.07. The number of aliphatic imine (C=N–C) groups is 1. The third-order valence-corrected chi connectivity index (χ3v) is 4.08. The summed E-state index contributed by atoms with van der Waals surface area (Å²) >= 11 is 0. The number of fused-ring (bicyclic) bond motifs is 1. The van der Waals surface area contributed by atoms with Gasteiger partial charge in [0.15, 0.2) is 5.96 Å². The summed E-state index contributed by atoms with van der Waals surface area (Å²) in [6.07, 6.45) is 5.33. The monoisotopic (exact) mass is 333 g/mol. The Hall–Kier alpha value is -1.75. The van der Waals surface area contributed by atoms with Gasteiger partial charge in [-0.05, 0) is 36.5 Å². The van der Waals surface area contributed by atoms with Crippen LogP contribution in [-0.2, 0) is 17.6 Å². The van der Waals surface area contributed by atoms with E-state index in [0.29, 0.717) is 0 Å². The Morgan fingerprint density at radius 1 is 1.21 bits per heavy atom. The van der Waals surface area contributed by atoms with Crippen molar-refractivity contribution in [2.24, 2.45) is 4.99 Å². The molecule has 0 saturated carbocycles. The molecule has 5 nitrogen and oxygen atoms in total. The van der Waals surface area contributed by atoms with E-state index in [1.807, 2.05) is 0 Å². The maximum Gasteiger partial charge on any atom is 0.190 e. The molecule has 0 fully saturated rings. The fourth-order valence-electron chi connectivity index (χ4n) is 2.67. The molecule has 1 aliphatic heterocycles. The Morgan fingerprint density at radius 2 is 2.04 bits per heavy atom. The fraction of sp³-hybridized carbons (Fsp3) is 0.632. The van der Waals surface area contributed by atoms with Gasteiger partial charge in [-0.25, -0.2) is 0 Å². The van der Waals surface area contributed by atoms with Gasteiger partial charge in [-0.15, -0.1) is 0 Å². The molecule has 1 heterocycles. The van der Waals surface area contributed by atoms with Crippen molar-refractivity contribution < 1.29 is 9.47 Å². The second-order valence-electron chi connectivity index (χ2n) is 6.04. The highest BCUT2D eigenvalue weighted by Crippen LogP contribution is 2.25. The van der Waals surface area contributed by atoms with Crippen LogP contribution >= 0.6 is 0 Å². The fourth-order valence-corrected chi connectivity index (χ4v) is 2.67. The lowest BCUT2D eigenvalue weighted by Crippen LogP contribution is -2.39. The van der Waals surface area contributed by atoms with Crippen LogP contribution in [0.5, 0.6) is 5.75 Å². The van der Waals surface area contributed by atoms with Gasteiger partial charge in [0.1, 0.15) is 5.75 Å². The maximum atomic E-state index is 5.55. The molecule has 0 saturated heterocycles. The molecule has 0 atom stereocenters. The van der Waals surface area contributed by atoms with E-state index in [0.717, 1.165) is 70.3 Å². The molecule has 0 spiro atoms. The summed E-state index contributed by atoms with van der Waals surface area (Å²) in [4.78, 5) is 4.26. The van der Waals surface area contributed by atoms with Gasteiger partial charge in [-0.1, -0.05) is 25.5 Å². The molecule has 1 aromatic rings. The second kappa shape index (κ2) is 10.9. The predicted octanol–water partition coefficient (Wildman–Crippen LogP) is 2.54. The van der Waals surface area contributed by atoms with Crippen LogP contribution in [0.3, 0.4) is 0 Å². The molecule has 0 aromatic heterocycles. The number of ether oxygens (including phenoxy) is 2. The minimum atomic E-state index is 0.807. The minimum Gasteiger partial charge on any atom is -0.493 e. The summed E-state index contributed by atoms with van der Waals surface area (Å²) < 4.78 is 11.1. The van der Waals surface area contributed by atoms with Crippen LogP contribution in [-0.4, -0.2) is 45.9 Å². The van der Waals surface area contributed by atoms with E-state index in [4.69, 9.17) is 9.47 Å². The van der Waals surface area contributed by atoms with Crippen LogP contribution in [0, 0.1) is 0 Å². The number of nitrogens with one attached hydrogen (secondary N) is 2. The van der Waals surface area contributed by atoms with Gasteiger partial charge in [0.2, 0.25) is 0 Å². The van der Waals surface area contributed by atoms with Gasteiger partial charge in [-0.3, -0.25) is 4.99 Å². The largest absolute Gasteiger partial charge is 0.493 e. The van der Waals surface area contributed by atoms with E-state index in [1.54, 1.807) is 7.05 Å². The average molecular weight is 333 g/mol. The normalized spacial score (nSPS) is 13.5. The van der Waals surface area contributed by atoms with Crippen LogP contribution in [0.2, 0.25) is 0 Å². The molecule has 134 valence electrons. The first kappa shape index (κ1) is 18.6. The molecule has 24 heavy (non-hydrogen) atoms. The molecule has 5 heteroatoms. The number of guanidine groups is 1. The Bertz CT molecular complexity index is 517. The van der Waals surface area contributed by atoms with Crippen molar-refractivity contribution in [3.8, 4) is 5.75 Å². The molecule has 1 aromatic carbocycles. The molecule has 0 amide bonds. The van der Waals surface area contributed by atoms with E-state index in [2.05, 4.69) is 40.7 Å². The quantitative estimate of drug-likeness (QED) is 0.392. The summed E-state index contributed by atoms with van der Waals surface area (Å²) in [6, 6.07) is 6.49. The Kier molecular flexibility index (Phi) is 8.46. The van der Waals surface area contributed by atoms with Gasteiger partial charge < -0.3 is 20.1 Å². The maximum absolute atomic E-state index is 5.55. The summed E-state index contributed by atoms with van der Waals surface area (Å²) in [7, 11) is 1.81. The molecule has 0 radical (unpaired) electrons. The first-order chi connectivity index (χ1) is 11.8. The number of unbranched alkanes of at least 4 members (excludes halogenated alkanes) is 1. The zero-order valence-electron chi connectivity index (χ0n) is 15.1. The second-order valence-corrected chi connectivity index (χ2v) is 6.04. The number of benzene rings is 1. The standard InChI is InChI=1S/C19H31N3O2/c1-3-4-12-23-13-5-10-21-19(20-2)22-11-8-16-6-7-18-17(15-16)9-14-24-18/h6-7,15H,3-5,8-14H2,1-2H3,(H2,20,21,22). The zero-order valence-corrected chi connectivity index (χ0v) is 15.1. The number of nitrogens with zero attached hydrogens (tertiary/aromatic N) is 1. The van der Waals surface area contributed by atoms with Crippen molar-refractivity contribution in [2.75, 3.05) is 40.0 Å². The van der Waals surface area contributed by atoms with Crippen molar-refractivity contribution in [1.82, 2.24) is 10.6 Å². The molecule has 2 N–H and O–H groups in total. The van der Waals surface area contributed by atoms with Crippen molar-refractivity contribution in [3.63, 3.8) is 0 Å². The van der Waals surface area contributed by atoms with Crippen LogP contribution in [0.15, 0.2) is 23.2 Å². The number of rotatable bonds is 10. The van der Waals surface area contributed by atoms with Crippen LogP contribution < -0.4 is 15.4 Å². The van der Waals surface area contributed by atoms with Crippen LogP contribution in [0.25, 0.3) is 0 Å². The number of hydrogen-bond acceptors (Lipinski definition) is 3. The van der Waals surface area contributed by atoms with E-state index in [9.17, 15) is 0 Å². The Labute approximate surface area is 145 Å². The Balaban J connectivity index is 1.58. The molecular weight excluding hydrogens is 302 g/mol. The molecule has 2 rings (SSSR count). The highest BCUT2D eigenvalue weighted by molar-refractivity contribution is 5.79. The van der Waals surface area contributed by atoms with Gasteiger partial charge in [0.25, 0.3) is 0 Å². The molecule has 1 aliphatic rings. The smallest absolute Gasteiger partial charge is 0.190 e. The number of hydrogen-bond donors (Lipinski definition) is 2. The SMILES string of the molecule is CCCCOCCCNC(=NC)NCCc1ccc2c(c1)CCO2. The van der Waals surface area contributed by atoms with Gasteiger partial charge >= 0.3 is 0 Å². The van der Waals surface area contributed by atoms with E-state index >= 15 is 0 Å². The summed E-state index contributed by atoms with van der Waals surface area (Å²) in [6.45, 7) is 6.41. The third-order valence-electron chi connectivity index (χ3n) is 4.08. The molecule has 0 aliphatic carbocycles. The first-order valence-corrected chi connectivity index (χ1v) is 9.10. The van der Waals surface area contributed by atoms with Gasteiger partial charge in [0.05, 0.1) is 6.61 Å². The van der Waals surface area contributed by atoms with Crippen LogP contribution in [0.1, 0.15) is 37.3 Å². The van der Waals surface area contributed by atoms with Gasteiger partial charge in [-0.2, -0.15) is 0 Å². The van der Waals surface area contributed by atoms with Crippen molar-refractivity contribution in [3.05, 3.63) is 29.3 Å². The highest BCUT2D eigenvalue weighted by Gasteiger charge is 2.11. The van der Waals surface area contributed by atoms with E-state index < -0.39 is 0 Å². The molecule has 0 unspecified atom stereocenters. The van der Waals surface area contributed by atoms with Crippen molar-refractivity contribution in [1.29, 1.82) is 0 Å².